The van der Waals surface area contributed by atoms with Gasteiger partial charge in [0.15, 0.2) is 0 Å². The highest BCUT2D eigenvalue weighted by molar-refractivity contribution is 5.75. The number of carbonyl (C=O) groups excluding carboxylic acids is 1. The van der Waals surface area contributed by atoms with E-state index in [9.17, 15) is 14.4 Å². The van der Waals surface area contributed by atoms with E-state index in [0.29, 0.717) is 24.2 Å². The van der Waals surface area contributed by atoms with Crippen LogP contribution in [-0.2, 0) is 12.0 Å². The van der Waals surface area contributed by atoms with E-state index >= 15 is 0 Å². The van der Waals surface area contributed by atoms with E-state index in [1.807, 2.05) is 22.6 Å². The second-order valence-electron chi connectivity index (χ2n) is 8.72. The summed E-state index contributed by atoms with van der Waals surface area (Å²) in [4.78, 5) is 22.7. The first-order valence-electron chi connectivity index (χ1n) is 10.8. The Kier molecular flexibility index (Phi) is 4.96. The van der Waals surface area contributed by atoms with E-state index in [4.69, 9.17) is 10.8 Å². The number of aryl methyl sites for hydroxylation is 1. The number of nitrogen functional groups attached to an aromatic ring is 1. The van der Waals surface area contributed by atoms with Crippen LogP contribution < -0.4 is 11.1 Å². The first-order chi connectivity index (χ1) is 15.9. The van der Waals surface area contributed by atoms with Gasteiger partial charge in [-0.15, -0.1) is 0 Å². The van der Waals surface area contributed by atoms with Crippen LogP contribution in [0.1, 0.15) is 42.6 Å². The normalized spacial score (nSPS) is 20.0. The molecule has 2 amide bonds. The molecule has 10 heteroatoms. The summed E-state index contributed by atoms with van der Waals surface area (Å²) in [5.41, 5.74) is 9.09. The molecule has 1 fully saturated rings. The molecular formula is C23H23FN8O. The summed E-state index contributed by atoms with van der Waals surface area (Å²) in [7, 11) is 0. The summed E-state index contributed by atoms with van der Waals surface area (Å²) >= 11 is 0. The maximum atomic E-state index is 13.5. The van der Waals surface area contributed by atoms with Gasteiger partial charge < -0.3 is 16.0 Å². The fourth-order valence-corrected chi connectivity index (χ4v) is 4.79. The van der Waals surface area contributed by atoms with E-state index in [1.54, 1.807) is 18.5 Å². The molecule has 168 valence electrons. The van der Waals surface area contributed by atoms with Crippen LogP contribution in [0.25, 0.3) is 11.3 Å². The lowest BCUT2D eigenvalue weighted by molar-refractivity contribution is 0.202. The molecular weight excluding hydrogens is 423 g/mol. The van der Waals surface area contributed by atoms with Crippen molar-refractivity contribution in [3.05, 3.63) is 59.4 Å². The topological polar surface area (TPSA) is 126 Å². The van der Waals surface area contributed by atoms with Gasteiger partial charge in [0.25, 0.3) is 0 Å². The number of hydrogen-bond donors (Lipinski definition) is 2. The number of nitrogens with two attached hydrogens (primary N) is 1. The Bertz CT molecular complexity index is 1280. The van der Waals surface area contributed by atoms with Crippen LogP contribution in [0, 0.1) is 17.1 Å². The number of nitrogens with one attached hydrogen (secondary N) is 1. The number of likely N-dealkylation sites (tertiary alicyclic amines) is 1. The fraction of sp³-hybridized carbons (Fsp3) is 0.348. The Morgan fingerprint density at radius 3 is 2.88 bits per heavy atom. The van der Waals surface area contributed by atoms with Crippen molar-refractivity contribution in [2.45, 2.75) is 37.8 Å². The first kappa shape index (κ1) is 20.9. The minimum Gasteiger partial charge on any atom is -0.383 e. The van der Waals surface area contributed by atoms with Crippen LogP contribution in [0.5, 0.6) is 0 Å². The number of rotatable bonds is 3. The number of pyridine rings is 2. The van der Waals surface area contributed by atoms with Crippen molar-refractivity contribution in [1.82, 2.24) is 30.0 Å². The Labute approximate surface area is 190 Å². The maximum absolute atomic E-state index is 13.5. The van der Waals surface area contributed by atoms with Crippen molar-refractivity contribution in [3.63, 3.8) is 0 Å². The molecule has 1 unspecified atom stereocenters. The molecule has 5 rings (SSSR count). The molecule has 2 aliphatic heterocycles. The average Bonchev–Trinajstić information content (AvgIpc) is 3.51. The number of halogens is 1. The average molecular weight is 446 g/mol. The smallest absolute Gasteiger partial charge is 0.317 e. The molecule has 9 nitrogen and oxygen atoms in total. The fourth-order valence-electron chi connectivity index (χ4n) is 4.79. The number of aromatic nitrogens is 4. The lowest BCUT2D eigenvalue weighted by Crippen LogP contribution is -2.41. The van der Waals surface area contributed by atoms with Gasteiger partial charge >= 0.3 is 6.03 Å². The van der Waals surface area contributed by atoms with Gasteiger partial charge in [-0.25, -0.2) is 14.2 Å². The highest BCUT2D eigenvalue weighted by Crippen LogP contribution is 2.43. The molecule has 3 aromatic heterocycles. The highest BCUT2D eigenvalue weighted by atomic mass is 19.1. The first-order valence-corrected chi connectivity index (χ1v) is 10.8. The number of carbonyl (C=O) groups is 1. The Hall–Kier alpha value is -4.00. The van der Waals surface area contributed by atoms with Crippen LogP contribution in [0.2, 0.25) is 0 Å². The van der Waals surface area contributed by atoms with Crippen LogP contribution >= 0.6 is 0 Å². The van der Waals surface area contributed by atoms with Crippen molar-refractivity contribution in [1.29, 1.82) is 5.26 Å². The number of fused-ring (bicyclic) bond motifs is 2. The monoisotopic (exact) mass is 446 g/mol. The summed E-state index contributed by atoms with van der Waals surface area (Å²) in [6.45, 7) is 3.79. The van der Waals surface area contributed by atoms with Crippen molar-refractivity contribution >= 4 is 11.8 Å². The molecule has 3 N–H and O–H groups in total. The molecule has 33 heavy (non-hydrogen) atoms. The molecule has 0 aliphatic carbocycles. The van der Waals surface area contributed by atoms with Gasteiger partial charge in [-0.05, 0) is 43.5 Å². The SMILES string of the molecule is C[C@@H](NC(=O)N1CCC2(CCn3nc(-c4cnc(N)c(C#N)c4)cc32)C1)c1cncc(F)c1. The summed E-state index contributed by atoms with van der Waals surface area (Å²) in [6.07, 6.45) is 6.07. The number of urea groups is 1. The zero-order valence-corrected chi connectivity index (χ0v) is 18.1. The summed E-state index contributed by atoms with van der Waals surface area (Å²) in [6, 6.07) is 6.63. The second kappa shape index (κ2) is 7.85. The van der Waals surface area contributed by atoms with Gasteiger partial charge in [0.05, 0.1) is 23.5 Å². The van der Waals surface area contributed by atoms with Crippen molar-refractivity contribution in [2.24, 2.45) is 0 Å². The minimum absolute atomic E-state index is 0.161. The largest absolute Gasteiger partial charge is 0.383 e. The number of amides is 2. The lowest BCUT2D eigenvalue weighted by Gasteiger charge is -2.25. The zero-order chi connectivity index (χ0) is 23.2. The minimum atomic E-state index is -0.429. The number of hydrogen-bond acceptors (Lipinski definition) is 6. The maximum Gasteiger partial charge on any atom is 0.317 e. The molecule has 5 heterocycles. The van der Waals surface area contributed by atoms with E-state index < -0.39 is 5.82 Å². The lowest BCUT2D eigenvalue weighted by atomic mass is 9.82. The molecule has 0 aromatic carbocycles. The van der Waals surface area contributed by atoms with E-state index in [-0.39, 0.29) is 23.3 Å². The van der Waals surface area contributed by atoms with Crippen LogP contribution in [0.4, 0.5) is 15.0 Å². The van der Waals surface area contributed by atoms with Crippen LogP contribution in [0.3, 0.4) is 0 Å². The molecule has 3 aromatic rings. The number of anilines is 1. The molecule has 0 bridgehead atoms. The van der Waals surface area contributed by atoms with Gasteiger partial charge in [-0.2, -0.15) is 10.4 Å². The highest BCUT2D eigenvalue weighted by Gasteiger charge is 2.47. The third-order valence-corrected chi connectivity index (χ3v) is 6.67. The molecule has 0 saturated carbocycles. The van der Waals surface area contributed by atoms with Gasteiger partial charge in [-0.3, -0.25) is 9.67 Å². The van der Waals surface area contributed by atoms with Crippen molar-refractivity contribution in [2.75, 3.05) is 18.8 Å². The molecule has 1 saturated heterocycles. The molecule has 0 radical (unpaired) electrons. The quantitative estimate of drug-likeness (QED) is 0.637. The predicted molar refractivity (Wildman–Crippen MR) is 118 cm³/mol. The second-order valence-corrected chi connectivity index (χ2v) is 8.72. The van der Waals surface area contributed by atoms with Gasteiger partial charge in [0.2, 0.25) is 0 Å². The summed E-state index contributed by atoms with van der Waals surface area (Å²) in [5, 5.41) is 16.9. The predicted octanol–water partition coefficient (Wildman–Crippen LogP) is 2.75. The summed E-state index contributed by atoms with van der Waals surface area (Å²) in [5.74, 6) is -0.230. The molecule has 2 aliphatic rings. The van der Waals surface area contributed by atoms with E-state index in [0.717, 1.165) is 42.5 Å². The van der Waals surface area contributed by atoms with Gasteiger partial charge in [0, 0.05) is 48.7 Å². The Balaban J connectivity index is 1.32. The van der Waals surface area contributed by atoms with E-state index in [1.165, 1.54) is 6.07 Å². The van der Waals surface area contributed by atoms with Gasteiger partial charge in [0.1, 0.15) is 17.7 Å². The Morgan fingerprint density at radius 2 is 2.09 bits per heavy atom. The standard InChI is InChI=1S/C23H23FN8O/c1-14(16-7-18(24)12-27-10-16)29-22(33)31-4-2-23(13-31)3-5-32-20(23)8-19(30-32)17-6-15(9-25)21(26)28-11-17/h6-8,10-12,14H,2-5,13H2,1H3,(H2,26,28)(H,29,33)/t14-,23?/m1/s1. The Morgan fingerprint density at radius 1 is 1.27 bits per heavy atom. The van der Waals surface area contributed by atoms with Crippen molar-refractivity contribution < 1.29 is 9.18 Å². The third kappa shape index (κ3) is 3.65. The summed E-state index contributed by atoms with van der Waals surface area (Å²) < 4.78 is 15.5. The zero-order valence-electron chi connectivity index (χ0n) is 18.1. The van der Waals surface area contributed by atoms with Crippen molar-refractivity contribution in [3.8, 4) is 17.3 Å². The van der Waals surface area contributed by atoms with Crippen LogP contribution in [-0.4, -0.2) is 43.8 Å². The molecule has 1 spiro atoms. The number of nitriles is 1. The molecule has 2 atom stereocenters. The van der Waals surface area contributed by atoms with E-state index in [2.05, 4.69) is 21.4 Å². The number of nitrogens with zero attached hydrogens (tertiary/aromatic N) is 6. The third-order valence-electron chi connectivity index (χ3n) is 6.67. The van der Waals surface area contributed by atoms with Gasteiger partial charge in [-0.1, -0.05) is 0 Å². The van der Waals surface area contributed by atoms with Crippen LogP contribution in [0.15, 0.2) is 36.8 Å².